The Morgan fingerprint density at radius 3 is 1.50 bits per heavy atom. The second-order valence-corrected chi connectivity index (χ2v) is 15.5. The van der Waals surface area contributed by atoms with Gasteiger partial charge in [-0.3, -0.25) is 0 Å². The van der Waals surface area contributed by atoms with Crippen LogP contribution in [-0.2, 0) is 11.8 Å². The van der Waals surface area contributed by atoms with E-state index in [1.165, 1.54) is 94.1 Å². The number of nitrogens with one attached hydrogen (secondary N) is 1. The second kappa shape index (κ2) is 15.7. The standard InChI is InChI=1S/C28H23N.C14H14.C13H12/c1-17-8-10-18(11-9-17)20-13-14-22-24(16-20)28(2,3)25-23-15-12-19-6-4-5-7-21(19)26(23)29-27(22)25;1-2-12-8-10-14(11-9-12)13-6-4-3-5-7-13;1-11-7-9-13(10-8-11)12-5-3-2-4-6-12/h4-16,29H,1-3H3;3-11H,2H2,1H3;2-10H,1H3. The van der Waals surface area contributed by atoms with E-state index in [0.29, 0.717) is 0 Å². The molecule has 0 saturated carbocycles. The fourth-order valence-corrected chi connectivity index (χ4v) is 8.07. The summed E-state index contributed by atoms with van der Waals surface area (Å²) in [6, 6.07) is 67.2. The smallest absolute Gasteiger partial charge is 0.0541 e. The van der Waals surface area contributed by atoms with E-state index in [1.807, 2.05) is 12.1 Å². The number of aryl methyl sites for hydroxylation is 3. The number of hydrogen-bond acceptors (Lipinski definition) is 0. The number of hydrogen-bond donors (Lipinski definition) is 1. The summed E-state index contributed by atoms with van der Waals surface area (Å²) in [4.78, 5) is 3.80. The van der Waals surface area contributed by atoms with E-state index >= 15 is 0 Å². The van der Waals surface area contributed by atoms with Gasteiger partial charge in [-0.2, -0.15) is 0 Å². The van der Waals surface area contributed by atoms with E-state index in [4.69, 9.17) is 0 Å². The molecule has 1 nitrogen and oxygen atoms in total. The van der Waals surface area contributed by atoms with Crippen LogP contribution < -0.4 is 0 Å². The molecule has 1 aliphatic rings. The van der Waals surface area contributed by atoms with Crippen molar-refractivity contribution in [3.8, 4) is 44.6 Å². The summed E-state index contributed by atoms with van der Waals surface area (Å²) < 4.78 is 0. The molecule has 1 heterocycles. The molecule has 274 valence electrons. The van der Waals surface area contributed by atoms with Gasteiger partial charge in [0.25, 0.3) is 0 Å². The van der Waals surface area contributed by atoms with Crippen LogP contribution in [-0.4, -0.2) is 4.98 Å². The van der Waals surface area contributed by atoms with E-state index in [1.54, 1.807) is 0 Å². The molecule has 56 heavy (non-hydrogen) atoms. The van der Waals surface area contributed by atoms with Gasteiger partial charge < -0.3 is 4.98 Å². The van der Waals surface area contributed by atoms with E-state index in [2.05, 4.69) is 216 Å². The van der Waals surface area contributed by atoms with Crippen molar-refractivity contribution in [2.75, 3.05) is 0 Å². The number of aromatic nitrogens is 1. The van der Waals surface area contributed by atoms with Crippen molar-refractivity contribution in [1.29, 1.82) is 0 Å². The Balaban J connectivity index is 0.000000136. The molecule has 0 spiro atoms. The minimum Gasteiger partial charge on any atom is -0.354 e. The van der Waals surface area contributed by atoms with E-state index in [9.17, 15) is 0 Å². The normalized spacial score (nSPS) is 12.2. The van der Waals surface area contributed by atoms with Crippen LogP contribution >= 0.6 is 0 Å². The minimum atomic E-state index is -0.0356. The summed E-state index contributed by atoms with van der Waals surface area (Å²) in [5.41, 5.74) is 18.4. The topological polar surface area (TPSA) is 15.8 Å². The fourth-order valence-electron chi connectivity index (χ4n) is 8.07. The Morgan fingerprint density at radius 2 is 0.929 bits per heavy atom. The quantitative estimate of drug-likeness (QED) is 0.186. The molecule has 0 unspecified atom stereocenters. The van der Waals surface area contributed by atoms with Gasteiger partial charge in [-0.15, -0.1) is 0 Å². The fraction of sp³-hybridized carbons (Fsp3) is 0.127. The van der Waals surface area contributed by atoms with Crippen LogP contribution in [0, 0.1) is 13.8 Å². The first-order valence-corrected chi connectivity index (χ1v) is 19.8. The van der Waals surface area contributed by atoms with Crippen molar-refractivity contribution in [1.82, 2.24) is 4.98 Å². The summed E-state index contributed by atoms with van der Waals surface area (Å²) in [6.45, 7) is 11.1. The molecule has 0 aliphatic heterocycles. The highest BCUT2D eigenvalue weighted by Gasteiger charge is 2.39. The monoisotopic (exact) mass is 723 g/mol. The van der Waals surface area contributed by atoms with Crippen molar-refractivity contribution in [3.63, 3.8) is 0 Å². The van der Waals surface area contributed by atoms with Crippen LogP contribution in [0.2, 0.25) is 0 Å². The van der Waals surface area contributed by atoms with E-state index < -0.39 is 0 Å². The van der Waals surface area contributed by atoms with Gasteiger partial charge >= 0.3 is 0 Å². The van der Waals surface area contributed by atoms with Crippen molar-refractivity contribution < 1.29 is 0 Å². The Morgan fingerprint density at radius 1 is 0.446 bits per heavy atom. The number of H-pyrrole nitrogens is 1. The molecule has 8 aromatic carbocycles. The summed E-state index contributed by atoms with van der Waals surface area (Å²) in [6.07, 6.45) is 1.11. The highest BCUT2D eigenvalue weighted by Crippen LogP contribution is 2.52. The van der Waals surface area contributed by atoms with Gasteiger partial charge in [0, 0.05) is 21.8 Å². The zero-order valence-electron chi connectivity index (χ0n) is 33.1. The lowest BCUT2D eigenvalue weighted by Crippen LogP contribution is -2.15. The summed E-state index contributed by atoms with van der Waals surface area (Å²) >= 11 is 0. The first-order chi connectivity index (χ1) is 27.3. The third kappa shape index (κ3) is 7.33. The molecule has 0 fully saturated rings. The zero-order chi connectivity index (χ0) is 38.6. The van der Waals surface area contributed by atoms with Gasteiger partial charge in [-0.05, 0) is 81.8 Å². The summed E-state index contributed by atoms with van der Waals surface area (Å²) in [5.74, 6) is 0. The predicted molar refractivity (Wildman–Crippen MR) is 241 cm³/mol. The third-order valence-corrected chi connectivity index (χ3v) is 11.3. The van der Waals surface area contributed by atoms with Crippen LogP contribution in [0.3, 0.4) is 0 Å². The third-order valence-electron chi connectivity index (χ3n) is 11.3. The Kier molecular flexibility index (Phi) is 10.3. The van der Waals surface area contributed by atoms with Crippen LogP contribution in [0.25, 0.3) is 66.3 Å². The van der Waals surface area contributed by atoms with Crippen LogP contribution in [0.15, 0.2) is 188 Å². The molecule has 1 N–H and O–H groups in total. The number of aromatic amines is 1. The predicted octanol–water partition coefficient (Wildman–Crippen LogP) is 15.2. The Labute approximate surface area is 332 Å². The maximum Gasteiger partial charge on any atom is 0.0541 e. The zero-order valence-corrected chi connectivity index (χ0v) is 33.1. The minimum absolute atomic E-state index is 0.0356. The lowest BCUT2D eigenvalue weighted by atomic mass is 9.80. The largest absolute Gasteiger partial charge is 0.354 e. The lowest BCUT2D eigenvalue weighted by Gasteiger charge is -2.22. The first kappa shape index (κ1) is 36.5. The van der Waals surface area contributed by atoms with Gasteiger partial charge in [0.2, 0.25) is 0 Å². The average molecular weight is 724 g/mol. The lowest BCUT2D eigenvalue weighted by molar-refractivity contribution is 0.667. The number of fused-ring (bicyclic) bond motifs is 7. The highest BCUT2D eigenvalue weighted by atomic mass is 14.8. The van der Waals surface area contributed by atoms with Crippen molar-refractivity contribution in [2.24, 2.45) is 0 Å². The maximum absolute atomic E-state index is 3.80. The maximum atomic E-state index is 3.80. The molecule has 0 amide bonds. The second-order valence-electron chi connectivity index (χ2n) is 15.5. The van der Waals surface area contributed by atoms with Crippen LogP contribution in [0.5, 0.6) is 0 Å². The SMILES string of the molecule is CCc1ccc(-c2ccccc2)cc1.Cc1ccc(-c2ccc3c(c2)C(C)(C)c2c-3[nH]c3c2ccc2ccccc23)cc1.Cc1ccc(-c2ccccc2)cc1. The molecule has 9 aromatic rings. The Hall–Kier alpha value is -6.44. The molecule has 1 aromatic heterocycles. The molecule has 0 atom stereocenters. The summed E-state index contributed by atoms with van der Waals surface area (Å²) in [5, 5.41) is 3.93. The van der Waals surface area contributed by atoms with Crippen LogP contribution in [0.1, 0.15) is 48.6 Å². The summed E-state index contributed by atoms with van der Waals surface area (Å²) in [7, 11) is 0. The molecule has 10 rings (SSSR count). The van der Waals surface area contributed by atoms with Crippen molar-refractivity contribution >= 4 is 21.7 Å². The van der Waals surface area contributed by atoms with E-state index in [0.717, 1.165) is 6.42 Å². The average Bonchev–Trinajstić information content (AvgIpc) is 3.76. The van der Waals surface area contributed by atoms with Gasteiger partial charge in [0.15, 0.2) is 0 Å². The molecule has 0 radical (unpaired) electrons. The number of rotatable bonds is 4. The van der Waals surface area contributed by atoms with Crippen molar-refractivity contribution in [2.45, 2.75) is 46.5 Å². The van der Waals surface area contributed by atoms with Crippen molar-refractivity contribution in [3.05, 3.63) is 216 Å². The van der Waals surface area contributed by atoms with E-state index in [-0.39, 0.29) is 5.41 Å². The van der Waals surface area contributed by atoms with Gasteiger partial charge in [-0.25, -0.2) is 0 Å². The van der Waals surface area contributed by atoms with Gasteiger partial charge in [0.05, 0.1) is 11.2 Å². The van der Waals surface area contributed by atoms with Gasteiger partial charge in [-0.1, -0.05) is 214 Å². The molecule has 1 aliphatic carbocycles. The first-order valence-electron chi connectivity index (χ1n) is 19.8. The molecular formula is C55H49N. The molecular weight excluding hydrogens is 675 g/mol. The highest BCUT2D eigenvalue weighted by molar-refractivity contribution is 6.10. The molecule has 0 bridgehead atoms. The van der Waals surface area contributed by atoms with Crippen LogP contribution in [0.4, 0.5) is 0 Å². The molecule has 0 saturated heterocycles. The van der Waals surface area contributed by atoms with Gasteiger partial charge in [0.1, 0.15) is 0 Å². The number of benzene rings is 8. The molecule has 1 heteroatoms. The Bertz CT molecular complexity index is 2710.